The van der Waals surface area contributed by atoms with Gasteiger partial charge in [-0.15, -0.1) is 0 Å². The van der Waals surface area contributed by atoms with E-state index in [4.69, 9.17) is 4.43 Å². The molecule has 0 fully saturated rings. The lowest BCUT2D eigenvalue weighted by molar-refractivity contribution is -0.135. The predicted molar refractivity (Wildman–Crippen MR) is 95.1 cm³/mol. The average molecular weight is 315 g/mol. The summed E-state index contributed by atoms with van der Waals surface area (Å²) in [6.07, 6.45) is 13.6. The highest BCUT2D eigenvalue weighted by atomic mass is 28.4. The summed E-state index contributed by atoms with van der Waals surface area (Å²) in [5.74, 6) is 0.0277. The van der Waals surface area contributed by atoms with Crippen molar-refractivity contribution >= 4 is 14.3 Å². The van der Waals surface area contributed by atoms with Gasteiger partial charge in [-0.25, -0.2) is 0 Å². The molecule has 0 aliphatic rings. The molecule has 0 aromatic rings. The van der Waals surface area contributed by atoms with Crippen LogP contribution in [-0.4, -0.2) is 14.3 Å². The molecule has 0 aliphatic carbocycles. The van der Waals surface area contributed by atoms with Gasteiger partial charge < -0.3 is 4.43 Å². The Morgan fingerprint density at radius 1 is 0.857 bits per heavy atom. The number of hydrogen-bond acceptors (Lipinski definition) is 2. The summed E-state index contributed by atoms with van der Waals surface area (Å²) in [6.45, 7) is 10.8. The van der Waals surface area contributed by atoms with Gasteiger partial charge in [0.15, 0.2) is 0 Å². The first-order chi connectivity index (χ1) is 9.90. The molecule has 126 valence electrons. The van der Waals surface area contributed by atoms with Gasteiger partial charge in [-0.3, -0.25) is 4.79 Å². The zero-order valence-corrected chi connectivity index (χ0v) is 16.2. The summed E-state index contributed by atoms with van der Waals surface area (Å²) in [7, 11) is -1.79. The van der Waals surface area contributed by atoms with Crippen molar-refractivity contribution in [2.45, 2.75) is 110 Å². The average Bonchev–Trinajstić information content (AvgIpc) is 2.40. The van der Waals surface area contributed by atoms with Crippen LogP contribution in [0, 0.1) is 0 Å². The molecular weight excluding hydrogens is 276 g/mol. The molecule has 0 heterocycles. The van der Waals surface area contributed by atoms with E-state index in [0.29, 0.717) is 12.0 Å². The topological polar surface area (TPSA) is 26.3 Å². The van der Waals surface area contributed by atoms with Gasteiger partial charge >= 0.3 is 0 Å². The Morgan fingerprint density at radius 2 is 1.29 bits per heavy atom. The van der Waals surface area contributed by atoms with Crippen molar-refractivity contribution < 1.29 is 9.22 Å². The summed E-state index contributed by atoms with van der Waals surface area (Å²) >= 11 is 0. The molecule has 0 aromatic carbocycles. The van der Waals surface area contributed by atoms with Gasteiger partial charge in [0.2, 0.25) is 0 Å². The highest BCUT2D eigenvalue weighted by molar-refractivity contribution is 6.73. The quantitative estimate of drug-likeness (QED) is 0.288. The molecule has 0 N–H and O–H groups in total. The third kappa shape index (κ3) is 12.0. The van der Waals surface area contributed by atoms with Crippen LogP contribution in [0.1, 0.15) is 91.4 Å². The van der Waals surface area contributed by atoms with Gasteiger partial charge in [-0.1, -0.05) is 78.6 Å². The molecule has 21 heavy (non-hydrogen) atoms. The van der Waals surface area contributed by atoms with E-state index in [0.717, 1.165) is 6.42 Å². The van der Waals surface area contributed by atoms with E-state index in [1.807, 2.05) is 0 Å². The third-order valence-electron chi connectivity index (χ3n) is 4.50. The summed E-state index contributed by atoms with van der Waals surface area (Å²) in [4.78, 5) is 11.8. The van der Waals surface area contributed by atoms with Crippen molar-refractivity contribution in [3.05, 3.63) is 0 Å². The van der Waals surface area contributed by atoms with Gasteiger partial charge in [0.05, 0.1) is 0 Å². The minimum absolute atomic E-state index is 0.0277. The van der Waals surface area contributed by atoms with E-state index >= 15 is 0 Å². The molecule has 0 spiro atoms. The molecule has 3 heteroatoms. The highest BCUT2D eigenvalue weighted by Crippen LogP contribution is 2.22. The SMILES string of the molecule is CCCCCCCCCCCCC(=O)O[Si](C)(C)C(C)C. The van der Waals surface area contributed by atoms with Gasteiger partial charge in [0, 0.05) is 6.42 Å². The highest BCUT2D eigenvalue weighted by Gasteiger charge is 2.30. The number of rotatable bonds is 13. The van der Waals surface area contributed by atoms with E-state index < -0.39 is 8.32 Å². The first-order valence-electron chi connectivity index (χ1n) is 9.12. The van der Waals surface area contributed by atoms with Crippen molar-refractivity contribution in [3.63, 3.8) is 0 Å². The Kier molecular flexibility index (Phi) is 12.1. The fourth-order valence-corrected chi connectivity index (χ4v) is 3.14. The Labute approximate surface area is 134 Å². The molecule has 0 rings (SSSR count). The lowest BCUT2D eigenvalue weighted by Crippen LogP contribution is -2.36. The molecule has 2 nitrogen and oxygen atoms in total. The van der Waals surface area contributed by atoms with Crippen LogP contribution in [0.25, 0.3) is 0 Å². The second-order valence-corrected chi connectivity index (χ2v) is 11.7. The number of carbonyl (C=O) groups is 1. The lowest BCUT2D eigenvalue weighted by Gasteiger charge is -2.26. The van der Waals surface area contributed by atoms with Gasteiger partial charge in [-0.2, -0.15) is 0 Å². The Hall–Kier alpha value is -0.313. The van der Waals surface area contributed by atoms with Gasteiger partial charge in [-0.05, 0) is 25.1 Å². The maximum absolute atomic E-state index is 11.8. The molecule has 0 saturated heterocycles. The molecule has 0 atom stereocenters. The second kappa shape index (κ2) is 12.3. The van der Waals surface area contributed by atoms with Crippen LogP contribution >= 0.6 is 0 Å². The number of unbranched alkanes of at least 4 members (excludes halogenated alkanes) is 9. The van der Waals surface area contributed by atoms with Crippen LogP contribution in [-0.2, 0) is 9.22 Å². The second-order valence-electron chi connectivity index (χ2n) is 7.16. The Bertz CT molecular complexity index is 262. The smallest absolute Gasteiger partial charge is 0.292 e. The Balaban J connectivity index is 3.41. The lowest BCUT2D eigenvalue weighted by atomic mass is 10.1. The van der Waals surface area contributed by atoms with Crippen LogP contribution in [0.4, 0.5) is 0 Å². The third-order valence-corrected chi connectivity index (χ3v) is 8.04. The van der Waals surface area contributed by atoms with Crippen LogP contribution in [0.5, 0.6) is 0 Å². The van der Waals surface area contributed by atoms with Crippen LogP contribution in [0.3, 0.4) is 0 Å². The van der Waals surface area contributed by atoms with E-state index in [1.54, 1.807) is 0 Å². The van der Waals surface area contributed by atoms with E-state index in [2.05, 4.69) is 33.9 Å². The first-order valence-corrected chi connectivity index (χ1v) is 12.1. The molecule has 0 aromatic heterocycles. The zero-order chi connectivity index (χ0) is 16.1. The number of hydrogen-bond donors (Lipinski definition) is 0. The van der Waals surface area contributed by atoms with E-state index in [-0.39, 0.29) is 5.97 Å². The van der Waals surface area contributed by atoms with Crippen molar-refractivity contribution in [1.29, 1.82) is 0 Å². The summed E-state index contributed by atoms with van der Waals surface area (Å²) in [5.41, 5.74) is 0.495. The zero-order valence-electron chi connectivity index (χ0n) is 15.2. The number of carbonyl (C=O) groups excluding carboxylic acids is 1. The van der Waals surface area contributed by atoms with Crippen LogP contribution < -0.4 is 0 Å². The molecule has 0 bridgehead atoms. The molecule has 0 saturated carbocycles. The Morgan fingerprint density at radius 3 is 1.71 bits per heavy atom. The van der Waals surface area contributed by atoms with Crippen LogP contribution in [0.2, 0.25) is 18.6 Å². The molecule has 0 radical (unpaired) electrons. The minimum atomic E-state index is -1.79. The van der Waals surface area contributed by atoms with Crippen LogP contribution in [0.15, 0.2) is 0 Å². The van der Waals surface area contributed by atoms with Crippen molar-refractivity contribution in [1.82, 2.24) is 0 Å². The standard InChI is InChI=1S/C18H38O2Si/c1-6-7-8-9-10-11-12-13-14-15-16-18(19)20-21(4,5)17(2)3/h17H,6-16H2,1-5H3. The van der Waals surface area contributed by atoms with Crippen molar-refractivity contribution in [2.75, 3.05) is 0 Å². The van der Waals surface area contributed by atoms with E-state index in [9.17, 15) is 4.79 Å². The molecular formula is C18H38O2Si. The summed E-state index contributed by atoms with van der Waals surface area (Å²) in [5, 5.41) is 0. The summed E-state index contributed by atoms with van der Waals surface area (Å²) in [6, 6.07) is 0. The monoisotopic (exact) mass is 314 g/mol. The van der Waals surface area contributed by atoms with E-state index in [1.165, 1.54) is 57.8 Å². The normalized spacial score (nSPS) is 11.9. The predicted octanol–water partition coefficient (Wildman–Crippen LogP) is 6.46. The fourth-order valence-electron chi connectivity index (χ4n) is 2.22. The largest absolute Gasteiger partial charge is 0.519 e. The molecule has 0 unspecified atom stereocenters. The fraction of sp³-hybridized carbons (Fsp3) is 0.944. The maximum Gasteiger partial charge on any atom is 0.292 e. The van der Waals surface area contributed by atoms with Gasteiger partial charge in [0.1, 0.15) is 0 Å². The minimum Gasteiger partial charge on any atom is -0.519 e. The summed E-state index contributed by atoms with van der Waals surface area (Å²) < 4.78 is 5.68. The molecule has 0 aliphatic heterocycles. The van der Waals surface area contributed by atoms with Crippen molar-refractivity contribution in [3.8, 4) is 0 Å². The maximum atomic E-state index is 11.8. The van der Waals surface area contributed by atoms with Gasteiger partial charge in [0.25, 0.3) is 14.3 Å². The van der Waals surface area contributed by atoms with Crippen molar-refractivity contribution in [2.24, 2.45) is 0 Å². The molecule has 0 amide bonds. The first kappa shape index (κ1) is 20.7.